The molecule has 0 bridgehead atoms. The highest BCUT2D eigenvalue weighted by Crippen LogP contribution is 2.49. The van der Waals surface area contributed by atoms with E-state index in [0.29, 0.717) is 17.0 Å². The molecule has 1 saturated heterocycles. The molecule has 4 atom stereocenters. The molecule has 4 N–H and O–H groups in total. The molecule has 26 heavy (non-hydrogen) atoms. The highest BCUT2D eigenvalue weighted by Gasteiger charge is 2.60. The number of aliphatic hydroxyl groups is 2. The van der Waals surface area contributed by atoms with Crippen LogP contribution in [0.2, 0.25) is 0 Å². The number of nitrogen functional groups attached to an aromatic ring is 1. The number of nitrogens with zero attached hydrogens (tertiary/aromatic N) is 4. The number of methoxy groups -OCH3 is 1. The van der Waals surface area contributed by atoms with E-state index in [1.165, 1.54) is 12.7 Å². The minimum atomic E-state index is -1.00. The van der Waals surface area contributed by atoms with Gasteiger partial charge in [0, 0.05) is 13.0 Å². The number of ether oxygens (including phenoxy) is 2. The largest absolute Gasteiger partial charge is 0.394 e. The molecule has 142 valence electrons. The minimum absolute atomic E-state index is 0.0981. The van der Waals surface area contributed by atoms with E-state index >= 15 is 0 Å². The van der Waals surface area contributed by atoms with Crippen molar-refractivity contribution in [2.45, 2.75) is 56.1 Å². The summed E-state index contributed by atoms with van der Waals surface area (Å²) in [7, 11) is 1.55. The fourth-order valence-electron chi connectivity index (χ4n) is 4.62. The summed E-state index contributed by atoms with van der Waals surface area (Å²) in [6, 6.07) is 0. The molecule has 1 saturated carbocycles. The standard InChI is InChI=1S/C17H25N5O4/c1-25-14-13(24)11(7-23)26-17(14,10-5-3-2-4-6-10)22-9-21-12-15(18)19-8-20-16(12)22/h8-11,13-14,23-24H,2-7H2,1H3,(H2,18,19,20)/t11-,13-,14-,17-/m1/s1. The first-order valence-electron chi connectivity index (χ1n) is 9.07. The summed E-state index contributed by atoms with van der Waals surface area (Å²) in [4.78, 5) is 12.7. The summed E-state index contributed by atoms with van der Waals surface area (Å²) in [6.45, 7) is -0.292. The molecule has 1 aliphatic carbocycles. The van der Waals surface area contributed by atoms with E-state index in [1.807, 2.05) is 4.57 Å². The number of hydrogen-bond donors (Lipinski definition) is 3. The van der Waals surface area contributed by atoms with Crippen LogP contribution >= 0.6 is 0 Å². The van der Waals surface area contributed by atoms with Gasteiger partial charge in [-0.2, -0.15) is 0 Å². The van der Waals surface area contributed by atoms with Gasteiger partial charge in [0.1, 0.15) is 30.2 Å². The third kappa shape index (κ3) is 2.42. The number of anilines is 1. The summed E-state index contributed by atoms with van der Waals surface area (Å²) >= 11 is 0. The summed E-state index contributed by atoms with van der Waals surface area (Å²) in [5.74, 6) is 0.389. The second kappa shape index (κ2) is 6.73. The summed E-state index contributed by atoms with van der Waals surface area (Å²) in [6.07, 6.45) is 5.88. The van der Waals surface area contributed by atoms with E-state index in [9.17, 15) is 10.2 Å². The highest BCUT2D eigenvalue weighted by molar-refractivity contribution is 5.81. The fraction of sp³-hybridized carbons (Fsp3) is 0.706. The second-order valence-electron chi connectivity index (χ2n) is 7.12. The van der Waals surface area contributed by atoms with Crippen molar-refractivity contribution in [3.05, 3.63) is 12.7 Å². The molecule has 1 aliphatic heterocycles. The Labute approximate surface area is 151 Å². The predicted octanol–water partition coefficient (Wildman–Crippen LogP) is 0.409. The SMILES string of the molecule is CO[C@@H]1[C@H](O)[C@@H](CO)O[C@@]1(C1CCCCC1)n1cnc2c(N)ncnc21. The summed E-state index contributed by atoms with van der Waals surface area (Å²) in [5, 5.41) is 20.5. The highest BCUT2D eigenvalue weighted by atomic mass is 16.6. The molecule has 2 aromatic rings. The van der Waals surface area contributed by atoms with Crippen LogP contribution in [-0.2, 0) is 15.2 Å². The Morgan fingerprint density at radius 2 is 2.08 bits per heavy atom. The smallest absolute Gasteiger partial charge is 0.179 e. The van der Waals surface area contributed by atoms with Crippen LogP contribution in [0.4, 0.5) is 5.82 Å². The number of rotatable bonds is 4. The molecule has 0 unspecified atom stereocenters. The molecule has 0 radical (unpaired) electrons. The molecular weight excluding hydrogens is 338 g/mol. The third-order valence-corrected chi connectivity index (χ3v) is 5.80. The molecule has 2 aliphatic rings. The van der Waals surface area contributed by atoms with E-state index in [0.717, 1.165) is 25.7 Å². The number of nitrogens with two attached hydrogens (primary N) is 1. The number of aliphatic hydroxyl groups excluding tert-OH is 2. The Balaban J connectivity index is 1.92. The first kappa shape index (κ1) is 17.6. The lowest BCUT2D eigenvalue weighted by atomic mass is 9.78. The van der Waals surface area contributed by atoms with Crippen molar-refractivity contribution < 1.29 is 19.7 Å². The molecule has 2 aromatic heterocycles. The van der Waals surface area contributed by atoms with Crippen LogP contribution in [0.3, 0.4) is 0 Å². The Morgan fingerprint density at radius 3 is 2.77 bits per heavy atom. The van der Waals surface area contributed by atoms with Gasteiger partial charge in [0.05, 0.1) is 12.9 Å². The fourth-order valence-corrected chi connectivity index (χ4v) is 4.62. The predicted molar refractivity (Wildman–Crippen MR) is 93.0 cm³/mol. The van der Waals surface area contributed by atoms with Crippen LogP contribution in [0.1, 0.15) is 32.1 Å². The lowest BCUT2D eigenvalue weighted by molar-refractivity contribution is -0.194. The number of hydrogen-bond acceptors (Lipinski definition) is 8. The molecule has 9 nitrogen and oxygen atoms in total. The van der Waals surface area contributed by atoms with Gasteiger partial charge in [0.2, 0.25) is 0 Å². The maximum absolute atomic E-state index is 10.7. The lowest BCUT2D eigenvalue weighted by Crippen LogP contribution is -2.52. The van der Waals surface area contributed by atoms with E-state index < -0.39 is 24.0 Å². The van der Waals surface area contributed by atoms with Crippen LogP contribution < -0.4 is 5.73 Å². The number of aromatic nitrogens is 4. The molecule has 3 heterocycles. The van der Waals surface area contributed by atoms with Gasteiger partial charge < -0.3 is 25.4 Å². The van der Waals surface area contributed by atoms with Crippen molar-refractivity contribution in [2.24, 2.45) is 5.92 Å². The average Bonchev–Trinajstić information content (AvgIpc) is 3.23. The van der Waals surface area contributed by atoms with Crippen molar-refractivity contribution in [3.63, 3.8) is 0 Å². The van der Waals surface area contributed by atoms with Crippen LogP contribution in [0.15, 0.2) is 12.7 Å². The van der Waals surface area contributed by atoms with E-state index in [4.69, 9.17) is 15.2 Å². The van der Waals surface area contributed by atoms with Crippen molar-refractivity contribution in [1.29, 1.82) is 0 Å². The maximum Gasteiger partial charge on any atom is 0.179 e. The second-order valence-corrected chi connectivity index (χ2v) is 7.12. The molecule has 4 rings (SSSR count). The zero-order chi connectivity index (χ0) is 18.3. The van der Waals surface area contributed by atoms with Gasteiger partial charge in [0.25, 0.3) is 0 Å². The summed E-state index contributed by atoms with van der Waals surface area (Å²) < 4.78 is 13.9. The van der Waals surface area contributed by atoms with E-state index in [1.54, 1.807) is 13.4 Å². The Kier molecular flexibility index (Phi) is 4.55. The topological polar surface area (TPSA) is 129 Å². The van der Waals surface area contributed by atoms with Gasteiger partial charge >= 0.3 is 0 Å². The minimum Gasteiger partial charge on any atom is -0.394 e. The van der Waals surface area contributed by atoms with Crippen LogP contribution in [0, 0.1) is 5.92 Å². The van der Waals surface area contributed by atoms with E-state index in [2.05, 4.69) is 15.0 Å². The molecule has 0 spiro atoms. The van der Waals surface area contributed by atoms with Crippen LogP contribution in [0.5, 0.6) is 0 Å². The van der Waals surface area contributed by atoms with Gasteiger partial charge in [-0.05, 0) is 12.8 Å². The van der Waals surface area contributed by atoms with Gasteiger partial charge in [0.15, 0.2) is 17.2 Å². The monoisotopic (exact) mass is 363 g/mol. The molecular formula is C17H25N5O4. The van der Waals surface area contributed by atoms with Gasteiger partial charge in [-0.1, -0.05) is 19.3 Å². The Hall–Kier alpha value is -1.81. The van der Waals surface area contributed by atoms with Crippen molar-refractivity contribution >= 4 is 17.0 Å². The van der Waals surface area contributed by atoms with Gasteiger partial charge in [-0.15, -0.1) is 0 Å². The molecule has 2 fully saturated rings. The number of imidazole rings is 1. The van der Waals surface area contributed by atoms with Crippen molar-refractivity contribution in [1.82, 2.24) is 19.5 Å². The first-order chi connectivity index (χ1) is 12.6. The summed E-state index contributed by atoms with van der Waals surface area (Å²) in [5.41, 5.74) is 5.97. The Bertz CT molecular complexity index is 778. The number of fused-ring (bicyclic) bond motifs is 1. The maximum atomic E-state index is 10.7. The first-order valence-corrected chi connectivity index (χ1v) is 9.07. The zero-order valence-corrected chi connectivity index (χ0v) is 14.8. The average molecular weight is 363 g/mol. The van der Waals surface area contributed by atoms with Gasteiger partial charge in [-0.25, -0.2) is 15.0 Å². The Morgan fingerprint density at radius 1 is 1.31 bits per heavy atom. The zero-order valence-electron chi connectivity index (χ0n) is 14.8. The third-order valence-electron chi connectivity index (χ3n) is 5.80. The lowest BCUT2D eigenvalue weighted by Gasteiger charge is -2.43. The molecule has 0 amide bonds. The van der Waals surface area contributed by atoms with Crippen molar-refractivity contribution in [3.8, 4) is 0 Å². The molecule has 0 aromatic carbocycles. The van der Waals surface area contributed by atoms with Crippen LogP contribution in [0.25, 0.3) is 11.2 Å². The van der Waals surface area contributed by atoms with Crippen molar-refractivity contribution in [2.75, 3.05) is 19.5 Å². The van der Waals surface area contributed by atoms with E-state index in [-0.39, 0.29) is 12.5 Å². The molecule has 9 heteroatoms. The normalized spacial score (nSPS) is 33.1. The van der Waals surface area contributed by atoms with Gasteiger partial charge in [-0.3, -0.25) is 4.57 Å². The van der Waals surface area contributed by atoms with Crippen LogP contribution in [-0.4, -0.2) is 61.8 Å². The quantitative estimate of drug-likeness (QED) is 0.712.